The van der Waals surface area contributed by atoms with Crippen molar-refractivity contribution in [3.63, 3.8) is 0 Å². The molecule has 2 aliphatic heterocycles. The van der Waals surface area contributed by atoms with Crippen molar-refractivity contribution < 1.29 is 0 Å². The van der Waals surface area contributed by atoms with Gasteiger partial charge in [0, 0.05) is 19.1 Å². The Labute approximate surface area is 94.4 Å². The van der Waals surface area contributed by atoms with Crippen molar-refractivity contribution in [2.24, 2.45) is 5.41 Å². The number of nitrogens with one attached hydrogen (secondary N) is 1. The lowest BCUT2D eigenvalue weighted by Crippen LogP contribution is -2.37. The lowest BCUT2D eigenvalue weighted by Gasteiger charge is -2.27. The monoisotopic (exact) mass is 210 g/mol. The quantitative estimate of drug-likeness (QED) is 0.765. The molecule has 0 spiro atoms. The van der Waals surface area contributed by atoms with E-state index in [-0.39, 0.29) is 0 Å². The fourth-order valence-electron chi connectivity index (χ4n) is 3.23. The first-order chi connectivity index (χ1) is 7.28. The molecule has 1 atom stereocenters. The molecule has 88 valence electrons. The molecule has 0 aromatic carbocycles. The number of hydrogen-bond donors (Lipinski definition) is 1. The zero-order valence-electron chi connectivity index (χ0n) is 10.4. The summed E-state index contributed by atoms with van der Waals surface area (Å²) in [6.07, 6.45) is 6.91. The van der Waals surface area contributed by atoms with Crippen LogP contribution in [0, 0.1) is 5.41 Å². The third-order valence-corrected chi connectivity index (χ3v) is 4.66. The van der Waals surface area contributed by atoms with E-state index in [9.17, 15) is 0 Å². The average molecular weight is 210 g/mol. The highest BCUT2D eigenvalue weighted by molar-refractivity contribution is 4.90. The predicted octanol–water partition coefficient (Wildman–Crippen LogP) is 2.25. The van der Waals surface area contributed by atoms with E-state index in [4.69, 9.17) is 0 Å². The smallest absolute Gasteiger partial charge is 0.0195 e. The van der Waals surface area contributed by atoms with Crippen LogP contribution in [-0.4, -0.2) is 37.1 Å². The van der Waals surface area contributed by atoms with Crippen molar-refractivity contribution in [1.82, 2.24) is 10.2 Å². The fraction of sp³-hybridized carbons (Fsp3) is 1.00. The summed E-state index contributed by atoms with van der Waals surface area (Å²) in [6, 6.07) is 0.787. The molecule has 2 heterocycles. The van der Waals surface area contributed by atoms with Crippen LogP contribution in [0.3, 0.4) is 0 Å². The molecular formula is C13H26N2. The van der Waals surface area contributed by atoms with E-state index in [1.807, 2.05) is 0 Å². The zero-order chi connectivity index (χ0) is 10.7. The maximum absolute atomic E-state index is 3.61. The SMILES string of the molecule is CCC1(CC)CCN(C[C@H]2CCCN2)C1. The lowest BCUT2D eigenvalue weighted by atomic mass is 9.82. The molecule has 2 aliphatic rings. The van der Waals surface area contributed by atoms with Gasteiger partial charge in [0.05, 0.1) is 0 Å². The summed E-state index contributed by atoms with van der Waals surface area (Å²) in [4.78, 5) is 2.69. The van der Waals surface area contributed by atoms with Gasteiger partial charge in [-0.3, -0.25) is 0 Å². The number of hydrogen-bond acceptors (Lipinski definition) is 2. The highest BCUT2D eigenvalue weighted by Gasteiger charge is 2.35. The number of nitrogens with zero attached hydrogens (tertiary/aromatic N) is 1. The van der Waals surface area contributed by atoms with Crippen LogP contribution in [0.4, 0.5) is 0 Å². The van der Waals surface area contributed by atoms with Crippen molar-refractivity contribution in [2.45, 2.75) is 52.0 Å². The Morgan fingerprint density at radius 1 is 1.33 bits per heavy atom. The van der Waals surface area contributed by atoms with E-state index in [0.717, 1.165) is 6.04 Å². The molecular weight excluding hydrogens is 184 g/mol. The summed E-state index contributed by atoms with van der Waals surface area (Å²) < 4.78 is 0. The normalized spacial score (nSPS) is 31.2. The van der Waals surface area contributed by atoms with Gasteiger partial charge in [0.15, 0.2) is 0 Å². The Hall–Kier alpha value is -0.0800. The second-order valence-electron chi connectivity index (χ2n) is 5.49. The average Bonchev–Trinajstić information content (AvgIpc) is 2.89. The molecule has 0 aromatic rings. The van der Waals surface area contributed by atoms with Gasteiger partial charge in [-0.05, 0) is 50.6 Å². The second-order valence-corrected chi connectivity index (χ2v) is 5.49. The van der Waals surface area contributed by atoms with Gasteiger partial charge in [-0.2, -0.15) is 0 Å². The summed E-state index contributed by atoms with van der Waals surface area (Å²) in [5.41, 5.74) is 0.651. The molecule has 2 heteroatoms. The Bertz CT molecular complexity index is 193. The summed E-state index contributed by atoms with van der Waals surface area (Å²) in [5, 5.41) is 3.61. The zero-order valence-corrected chi connectivity index (χ0v) is 10.4. The highest BCUT2D eigenvalue weighted by atomic mass is 15.2. The van der Waals surface area contributed by atoms with Crippen LogP contribution >= 0.6 is 0 Å². The van der Waals surface area contributed by atoms with Crippen molar-refractivity contribution in [3.05, 3.63) is 0 Å². The van der Waals surface area contributed by atoms with Gasteiger partial charge in [0.2, 0.25) is 0 Å². The largest absolute Gasteiger partial charge is 0.313 e. The molecule has 2 nitrogen and oxygen atoms in total. The van der Waals surface area contributed by atoms with E-state index in [0.29, 0.717) is 5.41 Å². The van der Waals surface area contributed by atoms with Gasteiger partial charge in [0.25, 0.3) is 0 Å². The highest BCUT2D eigenvalue weighted by Crippen LogP contribution is 2.37. The predicted molar refractivity (Wildman–Crippen MR) is 65.1 cm³/mol. The molecule has 0 bridgehead atoms. The van der Waals surface area contributed by atoms with Gasteiger partial charge in [-0.1, -0.05) is 13.8 Å². The lowest BCUT2D eigenvalue weighted by molar-refractivity contribution is 0.229. The summed E-state index contributed by atoms with van der Waals surface area (Å²) in [6.45, 7) is 9.94. The minimum Gasteiger partial charge on any atom is -0.313 e. The molecule has 2 rings (SSSR count). The van der Waals surface area contributed by atoms with Crippen LogP contribution in [0.25, 0.3) is 0 Å². The van der Waals surface area contributed by atoms with Crippen LogP contribution in [0.15, 0.2) is 0 Å². The minimum absolute atomic E-state index is 0.651. The Balaban J connectivity index is 1.81. The van der Waals surface area contributed by atoms with Crippen molar-refractivity contribution in [1.29, 1.82) is 0 Å². The van der Waals surface area contributed by atoms with Crippen molar-refractivity contribution >= 4 is 0 Å². The molecule has 0 aromatic heterocycles. The second kappa shape index (κ2) is 4.84. The summed E-state index contributed by atoms with van der Waals surface area (Å²) >= 11 is 0. The minimum atomic E-state index is 0.651. The first-order valence-electron chi connectivity index (χ1n) is 6.74. The van der Waals surface area contributed by atoms with E-state index >= 15 is 0 Å². The van der Waals surface area contributed by atoms with Gasteiger partial charge < -0.3 is 10.2 Å². The van der Waals surface area contributed by atoms with E-state index in [1.165, 1.54) is 58.3 Å². The molecule has 1 N–H and O–H groups in total. The summed E-state index contributed by atoms with van der Waals surface area (Å²) in [7, 11) is 0. The number of likely N-dealkylation sites (tertiary alicyclic amines) is 1. The standard InChI is InChI=1S/C13H26N2/c1-3-13(4-2)7-9-15(11-13)10-12-6-5-8-14-12/h12,14H,3-11H2,1-2H3/t12-/m1/s1. The molecule has 2 saturated heterocycles. The van der Waals surface area contributed by atoms with Crippen LogP contribution < -0.4 is 5.32 Å². The Morgan fingerprint density at radius 3 is 2.67 bits per heavy atom. The number of rotatable bonds is 4. The Morgan fingerprint density at radius 2 is 2.13 bits per heavy atom. The molecule has 0 unspecified atom stereocenters. The molecule has 0 aliphatic carbocycles. The van der Waals surface area contributed by atoms with Crippen molar-refractivity contribution in [3.8, 4) is 0 Å². The topological polar surface area (TPSA) is 15.3 Å². The van der Waals surface area contributed by atoms with Crippen LogP contribution in [0.5, 0.6) is 0 Å². The van der Waals surface area contributed by atoms with Gasteiger partial charge in [0.1, 0.15) is 0 Å². The molecule has 2 fully saturated rings. The maximum atomic E-state index is 3.61. The van der Waals surface area contributed by atoms with E-state index in [2.05, 4.69) is 24.1 Å². The van der Waals surface area contributed by atoms with Gasteiger partial charge in [-0.15, -0.1) is 0 Å². The van der Waals surface area contributed by atoms with Crippen molar-refractivity contribution in [2.75, 3.05) is 26.2 Å². The van der Waals surface area contributed by atoms with Crippen LogP contribution in [0.2, 0.25) is 0 Å². The molecule has 15 heavy (non-hydrogen) atoms. The van der Waals surface area contributed by atoms with E-state index in [1.54, 1.807) is 0 Å². The van der Waals surface area contributed by atoms with Gasteiger partial charge >= 0.3 is 0 Å². The molecule has 0 radical (unpaired) electrons. The first-order valence-corrected chi connectivity index (χ1v) is 6.74. The van der Waals surface area contributed by atoms with E-state index < -0.39 is 0 Å². The summed E-state index contributed by atoms with van der Waals surface area (Å²) in [5.74, 6) is 0. The maximum Gasteiger partial charge on any atom is 0.0195 e. The fourth-order valence-corrected chi connectivity index (χ4v) is 3.23. The third kappa shape index (κ3) is 2.54. The molecule has 0 amide bonds. The third-order valence-electron chi connectivity index (χ3n) is 4.66. The molecule has 0 saturated carbocycles. The van der Waals surface area contributed by atoms with Crippen LogP contribution in [-0.2, 0) is 0 Å². The Kier molecular flexibility index (Phi) is 3.68. The first kappa shape index (κ1) is 11.4. The van der Waals surface area contributed by atoms with Crippen LogP contribution in [0.1, 0.15) is 46.0 Å². The van der Waals surface area contributed by atoms with Gasteiger partial charge in [-0.25, -0.2) is 0 Å².